The maximum atomic E-state index is 13.7. The normalized spacial score (nSPS) is 21.5. The van der Waals surface area contributed by atoms with Crippen molar-refractivity contribution in [2.24, 2.45) is 5.92 Å². The van der Waals surface area contributed by atoms with E-state index < -0.39 is 6.09 Å². The molecule has 2 amide bonds. The lowest BCUT2D eigenvalue weighted by atomic mass is 9.83. The van der Waals surface area contributed by atoms with E-state index in [-0.39, 0.29) is 11.9 Å². The molecule has 6 heteroatoms. The summed E-state index contributed by atoms with van der Waals surface area (Å²) in [5, 5.41) is 3.83. The molecular weight excluding hydrogens is 366 g/mol. The number of alkyl carbamates (subject to hydrolysis) is 1. The minimum Gasteiger partial charge on any atom is -0.450 e. The zero-order chi connectivity index (χ0) is 20.4. The van der Waals surface area contributed by atoms with E-state index in [9.17, 15) is 9.59 Å². The number of nitrogens with zero attached hydrogens (tertiary/aromatic N) is 2. The van der Waals surface area contributed by atoms with Crippen LogP contribution in [0.1, 0.15) is 54.7 Å². The molecule has 1 aliphatic carbocycles. The molecule has 0 radical (unpaired) electrons. The Balaban J connectivity index is 1.66. The molecule has 1 aliphatic heterocycles. The number of likely N-dealkylation sites (tertiary alicyclic amines) is 1. The lowest BCUT2D eigenvalue weighted by molar-refractivity contribution is 0.0686. The van der Waals surface area contributed by atoms with Gasteiger partial charge in [-0.2, -0.15) is 0 Å². The SMILES string of the molecule is CCOC(=O)N[C@H]1CCCN(C(=O)c2c3c(nc4ccccc24)CC[C@H](C)C3)C1. The van der Waals surface area contributed by atoms with Crippen LogP contribution in [-0.2, 0) is 17.6 Å². The Labute approximate surface area is 171 Å². The summed E-state index contributed by atoms with van der Waals surface area (Å²) in [6.07, 6.45) is 4.24. The highest BCUT2D eigenvalue weighted by atomic mass is 16.5. The van der Waals surface area contributed by atoms with Crippen LogP contribution in [0, 0.1) is 5.92 Å². The van der Waals surface area contributed by atoms with Gasteiger partial charge in [0.25, 0.3) is 5.91 Å². The van der Waals surface area contributed by atoms with E-state index in [1.807, 2.05) is 29.2 Å². The number of aromatic nitrogens is 1. The number of hydrogen-bond donors (Lipinski definition) is 1. The molecule has 4 rings (SSSR count). The summed E-state index contributed by atoms with van der Waals surface area (Å²) in [6.45, 7) is 5.59. The largest absolute Gasteiger partial charge is 0.450 e. The van der Waals surface area contributed by atoms with Gasteiger partial charge in [-0.05, 0) is 56.6 Å². The number of pyridine rings is 1. The number of para-hydroxylation sites is 1. The van der Waals surface area contributed by atoms with E-state index in [0.717, 1.165) is 59.8 Å². The molecule has 0 spiro atoms. The summed E-state index contributed by atoms with van der Waals surface area (Å²) in [5.41, 5.74) is 3.90. The molecule has 2 atom stereocenters. The fraction of sp³-hybridized carbons (Fsp3) is 0.522. The summed E-state index contributed by atoms with van der Waals surface area (Å²) >= 11 is 0. The van der Waals surface area contributed by atoms with E-state index in [0.29, 0.717) is 25.6 Å². The van der Waals surface area contributed by atoms with Crippen molar-refractivity contribution in [2.45, 2.75) is 52.0 Å². The van der Waals surface area contributed by atoms with Gasteiger partial charge in [0.1, 0.15) is 0 Å². The number of benzene rings is 1. The molecule has 2 aromatic rings. The van der Waals surface area contributed by atoms with E-state index in [4.69, 9.17) is 9.72 Å². The van der Waals surface area contributed by atoms with Crippen LogP contribution in [0.4, 0.5) is 4.79 Å². The van der Waals surface area contributed by atoms with Crippen molar-refractivity contribution in [3.63, 3.8) is 0 Å². The standard InChI is InChI=1S/C23H29N3O3/c1-3-29-23(28)24-16-7-6-12-26(14-16)22(27)21-17-8-4-5-9-19(17)25-20-11-10-15(2)13-18(20)21/h4-5,8-9,15-16H,3,6-7,10-14H2,1-2H3,(H,24,28)/t15-,16-/m0/s1. The van der Waals surface area contributed by atoms with Crippen molar-refractivity contribution >= 4 is 22.9 Å². The summed E-state index contributed by atoms with van der Waals surface area (Å²) in [7, 11) is 0. The fourth-order valence-electron chi connectivity index (χ4n) is 4.58. The van der Waals surface area contributed by atoms with Crippen LogP contribution in [0.25, 0.3) is 10.9 Å². The fourth-order valence-corrected chi connectivity index (χ4v) is 4.58. The summed E-state index contributed by atoms with van der Waals surface area (Å²) in [6, 6.07) is 7.87. The minimum absolute atomic E-state index is 0.0595. The first-order valence-electron chi connectivity index (χ1n) is 10.7. The Kier molecular flexibility index (Phi) is 5.69. The zero-order valence-electron chi connectivity index (χ0n) is 17.2. The van der Waals surface area contributed by atoms with Gasteiger partial charge in [-0.15, -0.1) is 0 Å². The van der Waals surface area contributed by atoms with Gasteiger partial charge in [-0.25, -0.2) is 4.79 Å². The van der Waals surface area contributed by atoms with Gasteiger partial charge < -0.3 is 15.0 Å². The lowest BCUT2D eigenvalue weighted by Gasteiger charge is -2.34. The van der Waals surface area contributed by atoms with Crippen molar-refractivity contribution in [3.8, 4) is 0 Å². The van der Waals surface area contributed by atoms with Gasteiger partial charge in [-0.1, -0.05) is 25.1 Å². The molecule has 29 heavy (non-hydrogen) atoms. The lowest BCUT2D eigenvalue weighted by Crippen LogP contribution is -2.50. The van der Waals surface area contributed by atoms with E-state index in [2.05, 4.69) is 12.2 Å². The summed E-state index contributed by atoms with van der Waals surface area (Å²) in [4.78, 5) is 32.3. The molecule has 2 heterocycles. The van der Waals surface area contributed by atoms with Gasteiger partial charge in [0.2, 0.25) is 0 Å². The molecule has 2 aliphatic rings. The quantitative estimate of drug-likeness (QED) is 0.860. The zero-order valence-corrected chi connectivity index (χ0v) is 17.2. The van der Waals surface area contributed by atoms with Crippen LogP contribution in [-0.4, -0.2) is 47.6 Å². The van der Waals surface area contributed by atoms with Gasteiger partial charge in [0.15, 0.2) is 0 Å². The highest BCUT2D eigenvalue weighted by Gasteiger charge is 2.31. The Morgan fingerprint density at radius 2 is 2.10 bits per heavy atom. The maximum Gasteiger partial charge on any atom is 0.407 e. The second-order valence-electron chi connectivity index (χ2n) is 8.23. The first kappa shape index (κ1) is 19.7. The highest BCUT2D eigenvalue weighted by molar-refractivity contribution is 6.07. The average Bonchev–Trinajstić information content (AvgIpc) is 2.72. The van der Waals surface area contributed by atoms with Crippen LogP contribution in [0.2, 0.25) is 0 Å². The van der Waals surface area contributed by atoms with E-state index in [1.165, 1.54) is 0 Å². The number of aryl methyl sites for hydroxylation is 1. The molecule has 0 bridgehead atoms. The Morgan fingerprint density at radius 1 is 1.28 bits per heavy atom. The molecule has 1 aromatic heterocycles. The number of rotatable bonds is 3. The predicted octanol–water partition coefficient (Wildman–Crippen LogP) is 3.71. The molecular formula is C23H29N3O3. The molecule has 1 aromatic carbocycles. The summed E-state index contributed by atoms with van der Waals surface area (Å²) in [5.74, 6) is 0.612. The minimum atomic E-state index is -0.410. The van der Waals surface area contributed by atoms with Gasteiger partial charge in [-0.3, -0.25) is 9.78 Å². The highest BCUT2D eigenvalue weighted by Crippen LogP contribution is 2.32. The third-order valence-corrected chi connectivity index (χ3v) is 6.03. The smallest absolute Gasteiger partial charge is 0.407 e. The van der Waals surface area contributed by atoms with Crippen molar-refractivity contribution in [3.05, 3.63) is 41.1 Å². The van der Waals surface area contributed by atoms with Crippen LogP contribution in [0.15, 0.2) is 24.3 Å². The number of fused-ring (bicyclic) bond motifs is 2. The molecule has 0 unspecified atom stereocenters. The number of hydrogen-bond acceptors (Lipinski definition) is 4. The summed E-state index contributed by atoms with van der Waals surface area (Å²) < 4.78 is 5.01. The number of carbonyl (C=O) groups excluding carboxylic acids is 2. The Hall–Kier alpha value is -2.63. The van der Waals surface area contributed by atoms with Crippen molar-refractivity contribution in [1.29, 1.82) is 0 Å². The van der Waals surface area contributed by atoms with Crippen molar-refractivity contribution in [2.75, 3.05) is 19.7 Å². The van der Waals surface area contributed by atoms with E-state index in [1.54, 1.807) is 6.92 Å². The third-order valence-electron chi connectivity index (χ3n) is 6.03. The monoisotopic (exact) mass is 395 g/mol. The van der Waals surface area contributed by atoms with Gasteiger partial charge in [0, 0.05) is 30.2 Å². The number of carbonyl (C=O) groups is 2. The predicted molar refractivity (Wildman–Crippen MR) is 112 cm³/mol. The second kappa shape index (κ2) is 8.39. The van der Waals surface area contributed by atoms with Crippen LogP contribution in [0.3, 0.4) is 0 Å². The molecule has 6 nitrogen and oxygen atoms in total. The second-order valence-corrected chi connectivity index (χ2v) is 8.23. The Morgan fingerprint density at radius 3 is 2.93 bits per heavy atom. The third kappa shape index (κ3) is 4.07. The van der Waals surface area contributed by atoms with Crippen molar-refractivity contribution in [1.82, 2.24) is 15.2 Å². The van der Waals surface area contributed by atoms with E-state index >= 15 is 0 Å². The molecule has 1 N–H and O–H groups in total. The molecule has 1 saturated heterocycles. The van der Waals surface area contributed by atoms with Crippen molar-refractivity contribution < 1.29 is 14.3 Å². The maximum absolute atomic E-state index is 13.7. The molecule has 0 saturated carbocycles. The van der Waals surface area contributed by atoms with Crippen LogP contribution in [0.5, 0.6) is 0 Å². The number of piperidine rings is 1. The molecule has 1 fully saturated rings. The van der Waals surface area contributed by atoms with Crippen LogP contribution < -0.4 is 5.32 Å². The first-order chi connectivity index (χ1) is 14.1. The topological polar surface area (TPSA) is 71.5 Å². The van der Waals surface area contributed by atoms with Gasteiger partial charge in [0.05, 0.1) is 17.7 Å². The molecule has 154 valence electrons. The number of amides is 2. The first-order valence-corrected chi connectivity index (χ1v) is 10.7. The number of nitrogens with one attached hydrogen (secondary N) is 1. The van der Waals surface area contributed by atoms with Crippen LogP contribution >= 0.6 is 0 Å². The Bertz CT molecular complexity index is 927. The number of ether oxygens (including phenoxy) is 1. The van der Waals surface area contributed by atoms with Gasteiger partial charge >= 0.3 is 6.09 Å². The average molecular weight is 396 g/mol.